The molecule has 0 unspecified atom stereocenters. The minimum atomic E-state index is -3.91. The molecule has 1 N–H and O–H groups in total. The molecule has 1 aromatic heterocycles. The van der Waals surface area contributed by atoms with Gasteiger partial charge in [-0.2, -0.15) is 0 Å². The van der Waals surface area contributed by atoms with Crippen molar-refractivity contribution in [1.29, 1.82) is 0 Å². The molecule has 3 aromatic rings. The van der Waals surface area contributed by atoms with E-state index in [0.717, 1.165) is 24.8 Å². The van der Waals surface area contributed by atoms with E-state index in [1.807, 2.05) is 6.92 Å². The van der Waals surface area contributed by atoms with E-state index >= 15 is 0 Å². The van der Waals surface area contributed by atoms with Gasteiger partial charge in [0.25, 0.3) is 15.9 Å². The lowest BCUT2D eigenvalue weighted by Gasteiger charge is -2.25. The number of aromatic nitrogens is 1. The van der Waals surface area contributed by atoms with Crippen LogP contribution in [0.4, 0.5) is 5.69 Å². The molecule has 1 fully saturated rings. The fourth-order valence-corrected chi connectivity index (χ4v) is 4.84. The number of piperidine rings is 1. The number of hydrogen-bond acceptors (Lipinski definition) is 5. The monoisotopic (exact) mass is 433 g/mol. The minimum Gasteiger partial charge on any atom is -0.355 e. The Morgan fingerprint density at radius 2 is 1.90 bits per heavy atom. The maximum atomic E-state index is 12.9. The second kappa shape index (κ2) is 7.68. The van der Waals surface area contributed by atoms with Crippen molar-refractivity contribution in [3.8, 4) is 0 Å². The molecule has 4 rings (SSSR count). The predicted molar refractivity (Wildman–Crippen MR) is 111 cm³/mol. The fraction of sp³-hybridized carbons (Fsp3) is 0.300. The molecule has 152 valence electrons. The number of amides is 1. The number of carbonyl (C=O) groups excluding carboxylic acids is 1. The molecule has 0 radical (unpaired) electrons. The van der Waals surface area contributed by atoms with Crippen molar-refractivity contribution in [3.63, 3.8) is 0 Å². The van der Waals surface area contributed by atoms with Gasteiger partial charge in [0.15, 0.2) is 11.3 Å². The van der Waals surface area contributed by atoms with Gasteiger partial charge in [-0.15, -0.1) is 0 Å². The van der Waals surface area contributed by atoms with Crippen LogP contribution in [0.3, 0.4) is 0 Å². The van der Waals surface area contributed by atoms with Crippen molar-refractivity contribution < 1.29 is 17.7 Å². The molecule has 2 heterocycles. The molecule has 2 aromatic carbocycles. The molecule has 0 aliphatic carbocycles. The number of benzene rings is 2. The summed E-state index contributed by atoms with van der Waals surface area (Å²) in [5.41, 5.74) is 1.70. The molecule has 1 amide bonds. The number of carbonyl (C=O) groups is 1. The summed E-state index contributed by atoms with van der Waals surface area (Å²) in [4.78, 5) is 14.6. The molecule has 0 spiro atoms. The van der Waals surface area contributed by atoms with Crippen molar-refractivity contribution in [1.82, 2.24) is 10.1 Å². The first-order valence-electron chi connectivity index (χ1n) is 9.33. The van der Waals surface area contributed by atoms with Gasteiger partial charge >= 0.3 is 0 Å². The highest BCUT2D eigenvalue weighted by atomic mass is 35.5. The van der Waals surface area contributed by atoms with Crippen LogP contribution in [0.1, 0.15) is 35.3 Å². The van der Waals surface area contributed by atoms with Crippen molar-refractivity contribution in [2.24, 2.45) is 0 Å². The van der Waals surface area contributed by atoms with E-state index in [2.05, 4.69) is 9.88 Å². The molecule has 1 aliphatic rings. The van der Waals surface area contributed by atoms with Crippen LogP contribution in [-0.2, 0) is 10.0 Å². The quantitative estimate of drug-likeness (QED) is 0.665. The number of fused-ring (bicyclic) bond motifs is 1. The topological polar surface area (TPSA) is 92.5 Å². The second-order valence-electron chi connectivity index (χ2n) is 7.13. The zero-order chi connectivity index (χ0) is 20.6. The summed E-state index contributed by atoms with van der Waals surface area (Å²) in [7, 11) is -3.91. The standard InChI is InChI=1S/C20H20ClN3O4S/c1-13-5-7-17(16(21)11-13)23-29(26,27)14-6-8-18-15(12-14)19(22-28-18)20(25)24-9-3-2-4-10-24/h5-8,11-12,23H,2-4,9-10H2,1H3. The van der Waals surface area contributed by atoms with Crippen LogP contribution in [0.15, 0.2) is 45.8 Å². The molecule has 1 saturated heterocycles. The highest BCUT2D eigenvalue weighted by Gasteiger charge is 2.25. The van der Waals surface area contributed by atoms with Crippen molar-refractivity contribution >= 4 is 44.2 Å². The molecule has 0 saturated carbocycles. The van der Waals surface area contributed by atoms with Crippen LogP contribution in [-0.4, -0.2) is 37.5 Å². The first-order valence-corrected chi connectivity index (χ1v) is 11.2. The Kier molecular flexibility index (Phi) is 5.23. The van der Waals surface area contributed by atoms with Gasteiger partial charge < -0.3 is 9.42 Å². The highest BCUT2D eigenvalue weighted by Crippen LogP contribution is 2.28. The minimum absolute atomic E-state index is 0.00228. The molecule has 0 bridgehead atoms. The smallest absolute Gasteiger partial charge is 0.276 e. The summed E-state index contributed by atoms with van der Waals surface area (Å²) in [5, 5.41) is 4.58. The number of hydrogen-bond donors (Lipinski definition) is 1. The van der Waals surface area contributed by atoms with E-state index in [-0.39, 0.29) is 22.2 Å². The van der Waals surface area contributed by atoms with Gasteiger partial charge in [0.1, 0.15) is 0 Å². The summed E-state index contributed by atoms with van der Waals surface area (Å²) >= 11 is 6.15. The second-order valence-corrected chi connectivity index (χ2v) is 9.22. The number of sulfonamides is 1. The molecule has 7 nitrogen and oxygen atoms in total. The summed E-state index contributed by atoms with van der Waals surface area (Å²) in [6.07, 6.45) is 2.99. The highest BCUT2D eigenvalue weighted by molar-refractivity contribution is 7.92. The van der Waals surface area contributed by atoms with Gasteiger partial charge in [-0.3, -0.25) is 9.52 Å². The van der Waals surface area contributed by atoms with Gasteiger partial charge in [-0.05, 0) is 62.1 Å². The summed E-state index contributed by atoms with van der Waals surface area (Å²) in [5.74, 6) is -0.243. The molecule has 29 heavy (non-hydrogen) atoms. The number of halogens is 1. The van der Waals surface area contributed by atoms with E-state index in [1.54, 1.807) is 23.1 Å². The van der Waals surface area contributed by atoms with Crippen molar-refractivity contribution in [2.75, 3.05) is 17.8 Å². The fourth-order valence-electron chi connectivity index (χ4n) is 3.39. The third-order valence-electron chi connectivity index (χ3n) is 4.97. The molecule has 9 heteroatoms. The van der Waals surface area contributed by atoms with Crippen LogP contribution < -0.4 is 4.72 Å². The first kappa shape index (κ1) is 19.7. The SMILES string of the molecule is Cc1ccc(NS(=O)(=O)c2ccc3onc(C(=O)N4CCCCC4)c3c2)c(Cl)c1. The van der Waals surface area contributed by atoms with Gasteiger partial charge in [0.05, 0.1) is 21.0 Å². The maximum Gasteiger partial charge on any atom is 0.276 e. The van der Waals surface area contributed by atoms with Gasteiger partial charge in [-0.1, -0.05) is 22.8 Å². The van der Waals surface area contributed by atoms with Gasteiger partial charge in [0, 0.05) is 13.1 Å². The van der Waals surface area contributed by atoms with Crippen LogP contribution in [0.2, 0.25) is 5.02 Å². The Hall–Kier alpha value is -2.58. The molecular formula is C20H20ClN3O4S. The van der Waals surface area contributed by atoms with E-state index in [0.29, 0.717) is 29.1 Å². The average molecular weight is 434 g/mol. The normalized spacial score (nSPS) is 14.9. The largest absolute Gasteiger partial charge is 0.355 e. The summed E-state index contributed by atoms with van der Waals surface area (Å²) in [6.45, 7) is 3.20. The number of anilines is 1. The lowest BCUT2D eigenvalue weighted by molar-refractivity contribution is 0.0716. The Bertz CT molecular complexity index is 1180. The lowest BCUT2D eigenvalue weighted by atomic mass is 10.1. The lowest BCUT2D eigenvalue weighted by Crippen LogP contribution is -2.35. The number of nitrogens with zero attached hydrogens (tertiary/aromatic N) is 2. The van der Waals surface area contributed by atoms with E-state index in [9.17, 15) is 13.2 Å². The Morgan fingerprint density at radius 3 is 2.62 bits per heavy atom. The Balaban J connectivity index is 1.68. The van der Waals surface area contributed by atoms with E-state index in [1.165, 1.54) is 18.2 Å². The third-order valence-corrected chi connectivity index (χ3v) is 6.64. The Labute approximate surface area is 173 Å². The number of rotatable bonds is 4. The third kappa shape index (κ3) is 3.95. The molecule has 1 aliphatic heterocycles. The molecular weight excluding hydrogens is 414 g/mol. The first-order chi connectivity index (χ1) is 13.8. The average Bonchev–Trinajstić information content (AvgIpc) is 3.13. The Morgan fingerprint density at radius 1 is 1.14 bits per heavy atom. The summed E-state index contributed by atoms with van der Waals surface area (Å²) in [6, 6.07) is 9.37. The van der Waals surface area contributed by atoms with Crippen LogP contribution in [0, 0.1) is 6.92 Å². The van der Waals surface area contributed by atoms with E-state index < -0.39 is 10.0 Å². The van der Waals surface area contributed by atoms with Crippen LogP contribution >= 0.6 is 11.6 Å². The molecule has 0 atom stereocenters. The van der Waals surface area contributed by atoms with Crippen LogP contribution in [0.25, 0.3) is 11.0 Å². The predicted octanol–water partition coefficient (Wildman–Crippen LogP) is 4.22. The number of likely N-dealkylation sites (tertiary alicyclic amines) is 1. The van der Waals surface area contributed by atoms with Crippen molar-refractivity contribution in [2.45, 2.75) is 31.1 Å². The van der Waals surface area contributed by atoms with Crippen molar-refractivity contribution in [3.05, 3.63) is 52.7 Å². The zero-order valence-electron chi connectivity index (χ0n) is 15.8. The number of aryl methyl sites for hydroxylation is 1. The number of nitrogens with one attached hydrogen (secondary N) is 1. The van der Waals surface area contributed by atoms with E-state index in [4.69, 9.17) is 16.1 Å². The van der Waals surface area contributed by atoms with Gasteiger partial charge in [-0.25, -0.2) is 8.42 Å². The summed E-state index contributed by atoms with van der Waals surface area (Å²) < 4.78 is 33.5. The van der Waals surface area contributed by atoms with Gasteiger partial charge in [0.2, 0.25) is 0 Å². The van der Waals surface area contributed by atoms with Crippen LogP contribution in [0.5, 0.6) is 0 Å². The zero-order valence-corrected chi connectivity index (χ0v) is 17.4. The maximum absolute atomic E-state index is 12.9.